The number of alkyl halides is 3. The number of aliphatic imine (C=N–C) groups is 1. The maximum absolute atomic E-state index is 12.2. The van der Waals surface area contributed by atoms with E-state index in [1.807, 2.05) is 18.0 Å². The van der Waals surface area contributed by atoms with Crippen molar-refractivity contribution >= 4 is 17.3 Å². The molecule has 132 valence electrons. The van der Waals surface area contributed by atoms with E-state index in [9.17, 15) is 13.2 Å². The summed E-state index contributed by atoms with van der Waals surface area (Å²) in [6.45, 7) is 0.956. The van der Waals surface area contributed by atoms with E-state index in [1.165, 1.54) is 16.8 Å². The molecule has 0 amide bonds. The van der Waals surface area contributed by atoms with Gasteiger partial charge in [0.1, 0.15) is 0 Å². The Balaban J connectivity index is 2.23. The van der Waals surface area contributed by atoms with Crippen LogP contribution in [-0.2, 0) is 6.42 Å². The van der Waals surface area contributed by atoms with Gasteiger partial charge >= 0.3 is 6.18 Å². The van der Waals surface area contributed by atoms with Gasteiger partial charge in [-0.2, -0.15) is 13.2 Å². The summed E-state index contributed by atoms with van der Waals surface area (Å²) in [5.74, 6) is 0.764. The first-order chi connectivity index (χ1) is 10.8. The smallest absolute Gasteiger partial charge is 0.356 e. The molecule has 0 radical (unpaired) electrons. The summed E-state index contributed by atoms with van der Waals surface area (Å²) >= 11 is 1.73. The summed E-state index contributed by atoms with van der Waals surface area (Å²) in [5.41, 5.74) is 0. The molecule has 0 aliphatic carbocycles. The van der Waals surface area contributed by atoms with Crippen LogP contribution >= 0.6 is 11.3 Å². The highest BCUT2D eigenvalue weighted by molar-refractivity contribution is 7.09. The molecule has 0 fully saturated rings. The fourth-order valence-electron chi connectivity index (χ4n) is 2.16. The lowest BCUT2D eigenvalue weighted by Crippen LogP contribution is -2.41. The Hall–Kier alpha value is -1.28. The van der Waals surface area contributed by atoms with E-state index in [0.29, 0.717) is 19.5 Å². The minimum atomic E-state index is -4.14. The number of rotatable bonds is 8. The molecule has 0 saturated heterocycles. The van der Waals surface area contributed by atoms with Gasteiger partial charge in [0.2, 0.25) is 0 Å². The Labute approximate surface area is 140 Å². The third-order valence-corrected chi connectivity index (χ3v) is 4.23. The van der Waals surface area contributed by atoms with Gasteiger partial charge in [0.05, 0.1) is 6.54 Å². The maximum atomic E-state index is 12.2. The third-order valence-electron chi connectivity index (χ3n) is 3.30. The molecule has 1 N–H and O–H groups in total. The van der Waals surface area contributed by atoms with Crippen molar-refractivity contribution in [3.63, 3.8) is 0 Å². The number of halogens is 3. The van der Waals surface area contributed by atoms with Crippen LogP contribution in [0, 0.1) is 0 Å². The summed E-state index contributed by atoms with van der Waals surface area (Å²) in [7, 11) is 5.15. The lowest BCUT2D eigenvalue weighted by atomic mass is 10.3. The summed E-state index contributed by atoms with van der Waals surface area (Å²) in [6.07, 6.45) is -2.56. The summed E-state index contributed by atoms with van der Waals surface area (Å²) in [6, 6.07) is 4.13. The van der Waals surface area contributed by atoms with Crippen LogP contribution in [0.15, 0.2) is 22.5 Å². The molecule has 8 heteroatoms. The van der Waals surface area contributed by atoms with Crippen molar-refractivity contribution in [2.75, 3.05) is 47.3 Å². The molecule has 1 rings (SSSR count). The summed E-state index contributed by atoms with van der Waals surface area (Å²) < 4.78 is 36.7. The topological polar surface area (TPSA) is 30.9 Å². The fraction of sp³-hybridized carbons (Fsp3) is 0.667. The van der Waals surface area contributed by atoms with Crippen molar-refractivity contribution in [1.29, 1.82) is 0 Å². The number of thiophene rings is 1. The molecule has 0 aliphatic heterocycles. The van der Waals surface area contributed by atoms with Gasteiger partial charge in [0, 0.05) is 32.1 Å². The highest BCUT2D eigenvalue weighted by Crippen LogP contribution is 2.15. The molecular weight excluding hydrogens is 325 g/mol. The Morgan fingerprint density at radius 1 is 1.30 bits per heavy atom. The number of hydrogen-bond donors (Lipinski definition) is 1. The number of nitrogens with zero attached hydrogens (tertiary/aromatic N) is 3. The van der Waals surface area contributed by atoms with E-state index in [1.54, 1.807) is 18.4 Å². The Morgan fingerprint density at radius 3 is 2.61 bits per heavy atom. The average molecular weight is 350 g/mol. The predicted molar refractivity (Wildman–Crippen MR) is 90.2 cm³/mol. The second kappa shape index (κ2) is 9.77. The van der Waals surface area contributed by atoms with E-state index >= 15 is 0 Å². The van der Waals surface area contributed by atoms with Crippen molar-refractivity contribution in [2.24, 2.45) is 4.99 Å². The van der Waals surface area contributed by atoms with E-state index in [0.717, 1.165) is 18.9 Å². The van der Waals surface area contributed by atoms with Crippen LogP contribution in [0.4, 0.5) is 13.2 Å². The fourth-order valence-corrected chi connectivity index (χ4v) is 2.86. The molecule has 4 nitrogen and oxygen atoms in total. The quantitative estimate of drug-likeness (QED) is 0.444. The zero-order valence-corrected chi connectivity index (χ0v) is 14.7. The van der Waals surface area contributed by atoms with Gasteiger partial charge in [0.15, 0.2) is 5.96 Å². The molecular formula is C15H25F3N4S. The lowest BCUT2D eigenvalue weighted by molar-refractivity contribution is -0.143. The lowest BCUT2D eigenvalue weighted by Gasteiger charge is -2.23. The van der Waals surface area contributed by atoms with E-state index in [2.05, 4.69) is 21.8 Å². The number of likely N-dealkylation sites (N-methyl/N-ethyl adjacent to an activating group) is 1. The number of guanidine groups is 1. The van der Waals surface area contributed by atoms with Crippen LogP contribution in [-0.4, -0.2) is 69.3 Å². The van der Waals surface area contributed by atoms with Crippen molar-refractivity contribution in [3.8, 4) is 0 Å². The SMILES string of the molecule is CN=C(NCCCN(C)CC(F)(F)F)N(C)CCc1cccs1. The molecule has 0 aliphatic rings. The molecule has 0 saturated carbocycles. The van der Waals surface area contributed by atoms with Gasteiger partial charge in [-0.05, 0) is 37.9 Å². The molecule has 0 aromatic carbocycles. The normalized spacial score (nSPS) is 12.7. The molecule has 1 heterocycles. The largest absolute Gasteiger partial charge is 0.401 e. The molecule has 0 spiro atoms. The molecule has 1 aromatic heterocycles. The van der Waals surface area contributed by atoms with Crippen LogP contribution < -0.4 is 5.32 Å². The van der Waals surface area contributed by atoms with Gasteiger partial charge in [0.25, 0.3) is 0 Å². The second-order valence-electron chi connectivity index (χ2n) is 5.43. The summed E-state index contributed by atoms with van der Waals surface area (Å²) in [5, 5.41) is 5.24. The van der Waals surface area contributed by atoms with Crippen molar-refractivity contribution < 1.29 is 13.2 Å². The minimum absolute atomic E-state index is 0.391. The van der Waals surface area contributed by atoms with Crippen molar-refractivity contribution in [1.82, 2.24) is 15.1 Å². The monoisotopic (exact) mass is 350 g/mol. The first kappa shape index (κ1) is 19.8. The van der Waals surface area contributed by atoms with Gasteiger partial charge in [-0.3, -0.25) is 9.89 Å². The van der Waals surface area contributed by atoms with Gasteiger partial charge in [-0.25, -0.2) is 0 Å². The highest BCUT2D eigenvalue weighted by atomic mass is 32.1. The zero-order valence-electron chi connectivity index (χ0n) is 13.9. The van der Waals surface area contributed by atoms with Crippen LogP contribution in [0.2, 0.25) is 0 Å². The molecule has 0 bridgehead atoms. The van der Waals surface area contributed by atoms with Gasteiger partial charge in [-0.1, -0.05) is 6.07 Å². The molecule has 0 atom stereocenters. The number of hydrogen-bond acceptors (Lipinski definition) is 3. The van der Waals surface area contributed by atoms with Crippen LogP contribution in [0.3, 0.4) is 0 Å². The standard InChI is InChI=1S/C15H25F3N4S/c1-19-14(22(3)10-7-13-6-4-11-23-13)20-8-5-9-21(2)12-15(16,17)18/h4,6,11H,5,7-10,12H2,1-3H3,(H,19,20). The van der Waals surface area contributed by atoms with Crippen LogP contribution in [0.25, 0.3) is 0 Å². The van der Waals surface area contributed by atoms with E-state index in [-0.39, 0.29) is 0 Å². The maximum Gasteiger partial charge on any atom is 0.401 e. The van der Waals surface area contributed by atoms with E-state index in [4.69, 9.17) is 0 Å². The summed E-state index contributed by atoms with van der Waals surface area (Å²) in [4.78, 5) is 8.84. The highest BCUT2D eigenvalue weighted by Gasteiger charge is 2.28. The molecule has 1 aromatic rings. The van der Waals surface area contributed by atoms with Crippen molar-refractivity contribution in [2.45, 2.75) is 19.0 Å². The first-order valence-electron chi connectivity index (χ1n) is 7.51. The van der Waals surface area contributed by atoms with Gasteiger partial charge in [-0.15, -0.1) is 11.3 Å². The molecule has 23 heavy (non-hydrogen) atoms. The minimum Gasteiger partial charge on any atom is -0.356 e. The second-order valence-corrected chi connectivity index (χ2v) is 6.46. The molecule has 0 unspecified atom stereocenters. The van der Waals surface area contributed by atoms with Crippen molar-refractivity contribution in [3.05, 3.63) is 22.4 Å². The Morgan fingerprint density at radius 2 is 2.04 bits per heavy atom. The predicted octanol–water partition coefficient (Wildman–Crippen LogP) is 2.68. The Kier molecular flexibility index (Phi) is 8.40. The average Bonchev–Trinajstić information content (AvgIpc) is 2.96. The first-order valence-corrected chi connectivity index (χ1v) is 8.39. The van der Waals surface area contributed by atoms with Crippen LogP contribution in [0.5, 0.6) is 0 Å². The third kappa shape index (κ3) is 8.80. The van der Waals surface area contributed by atoms with Crippen LogP contribution in [0.1, 0.15) is 11.3 Å². The number of nitrogens with one attached hydrogen (secondary N) is 1. The van der Waals surface area contributed by atoms with Gasteiger partial charge < -0.3 is 10.2 Å². The van der Waals surface area contributed by atoms with E-state index < -0.39 is 12.7 Å². The zero-order chi connectivity index (χ0) is 17.3. The Bertz CT molecular complexity index is 460.